The molecule has 2 atom stereocenters. The molecule has 0 aromatic heterocycles. The number of rotatable bonds is 6. The number of aliphatic hydroxyl groups excluding tert-OH is 1. The molecule has 0 aliphatic heterocycles. The first kappa shape index (κ1) is 15.4. The molecule has 2 heteroatoms. The lowest BCUT2D eigenvalue weighted by atomic mass is 9.90. The molecular weight excluding hydrogens is 248 g/mol. The molecule has 1 saturated carbocycles. The summed E-state index contributed by atoms with van der Waals surface area (Å²) in [6.45, 7) is 5.01. The van der Waals surface area contributed by atoms with Gasteiger partial charge >= 0.3 is 0 Å². The molecule has 1 aliphatic carbocycles. The maximum Gasteiger partial charge on any atom is 0.119 e. The number of ether oxygens (including phenoxy) is 1. The maximum atomic E-state index is 10.3. The van der Waals surface area contributed by atoms with Crippen molar-refractivity contribution in [3.05, 3.63) is 29.8 Å². The number of hydrogen-bond acceptors (Lipinski definition) is 2. The molecular formula is C18H28O2. The van der Waals surface area contributed by atoms with E-state index in [0.717, 1.165) is 24.3 Å². The predicted octanol–water partition coefficient (Wildman–Crippen LogP) is 4.73. The second-order valence-electron chi connectivity index (χ2n) is 6.22. The Bertz CT molecular complexity index is 396. The SMILES string of the molecule is CCC(C)C(O)c1cccc(OCC2CCCCC2)c1. The molecule has 20 heavy (non-hydrogen) atoms. The van der Waals surface area contributed by atoms with Gasteiger partial charge in [0.05, 0.1) is 12.7 Å². The van der Waals surface area contributed by atoms with Crippen LogP contribution in [0.25, 0.3) is 0 Å². The highest BCUT2D eigenvalue weighted by atomic mass is 16.5. The largest absolute Gasteiger partial charge is 0.493 e. The minimum absolute atomic E-state index is 0.281. The van der Waals surface area contributed by atoms with Gasteiger partial charge in [-0.25, -0.2) is 0 Å². The highest BCUT2D eigenvalue weighted by molar-refractivity contribution is 5.30. The summed E-state index contributed by atoms with van der Waals surface area (Å²) in [5.41, 5.74) is 0.973. The van der Waals surface area contributed by atoms with Crippen LogP contribution in [-0.2, 0) is 0 Å². The van der Waals surface area contributed by atoms with Gasteiger partial charge in [-0.05, 0) is 42.4 Å². The van der Waals surface area contributed by atoms with Crippen molar-refractivity contribution in [1.82, 2.24) is 0 Å². The molecule has 1 aromatic rings. The highest BCUT2D eigenvalue weighted by Crippen LogP contribution is 2.28. The highest BCUT2D eigenvalue weighted by Gasteiger charge is 2.16. The van der Waals surface area contributed by atoms with Gasteiger partial charge in [0.25, 0.3) is 0 Å². The maximum absolute atomic E-state index is 10.3. The fourth-order valence-corrected chi connectivity index (χ4v) is 2.91. The molecule has 2 nitrogen and oxygen atoms in total. The lowest BCUT2D eigenvalue weighted by molar-refractivity contribution is 0.115. The van der Waals surface area contributed by atoms with Gasteiger partial charge < -0.3 is 9.84 Å². The second kappa shape index (κ2) is 7.68. The van der Waals surface area contributed by atoms with E-state index in [-0.39, 0.29) is 5.92 Å². The van der Waals surface area contributed by atoms with Crippen LogP contribution in [0.4, 0.5) is 0 Å². The molecule has 0 heterocycles. The Morgan fingerprint density at radius 2 is 2.00 bits per heavy atom. The van der Waals surface area contributed by atoms with Crippen LogP contribution in [0.1, 0.15) is 64.0 Å². The van der Waals surface area contributed by atoms with Crippen LogP contribution in [0.3, 0.4) is 0 Å². The van der Waals surface area contributed by atoms with Crippen LogP contribution in [0, 0.1) is 11.8 Å². The third-order valence-electron chi connectivity index (χ3n) is 4.59. The van der Waals surface area contributed by atoms with E-state index in [9.17, 15) is 5.11 Å². The fraction of sp³-hybridized carbons (Fsp3) is 0.667. The van der Waals surface area contributed by atoms with Crippen molar-refractivity contribution < 1.29 is 9.84 Å². The Labute approximate surface area is 123 Å². The summed E-state index contributed by atoms with van der Waals surface area (Å²) in [4.78, 5) is 0. The van der Waals surface area contributed by atoms with Crippen molar-refractivity contribution in [2.75, 3.05) is 6.61 Å². The van der Waals surface area contributed by atoms with Crippen LogP contribution >= 0.6 is 0 Å². The molecule has 0 spiro atoms. The summed E-state index contributed by atoms with van der Waals surface area (Å²) in [5, 5.41) is 10.3. The second-order valence-corrected chi connectivity index (χ2v) is 6.22. The first-order valence-corrected chi connectivity index (χ1v) is 8.11. The van der Waals surface area contributed by atoms with E-state index in [1.807, 2.05) is 24.3 Å². The molecule has 2 unspecified atom stereocenters. The molecule has 0 radical (unpaired) electrons. The van der Waals surface area contributed by atoms with Gasteiger partial charge in [0.2, 0.25) is 0 Å². The van der Waals surface area contributed by atoms with Crippen molar-refractivity contribution in [3.8, 4) is 5.75 Å². The zero-order valence-electron chi connectivity index (χ0n) is 12.8. The van der Waals surface area contributed by atoms with Crippen LogP contribution in [0.5, 0.6) is 5.75 Å². The van der Waals surface area contributed by atoms with Gasteiger partial charge in [-0.15, -0.1) is 0 Å². The number of hydrogen-bond donors (Lipinski definition) is 1. The van der Waals surface area contributed by atoms with Gasteiger partial charge in [0.15, 0.2) is 0 Å². The third kappa shape index (κ3) is 4.24. The summed E-state index contributed by atoms with van der Waals surface area (Å²) >= 11 is 0. The Kier molecular flexibility index (Phi) is 5.90. The first-order valence-electron chi connectivity index (χ1n) is 8.11. The lowest BCUT2D eigenvalue weighted by Gasteiger charge is -2.22. The van der Waals surface area contributed by atoms with E-state index in [0.29, 0.717) is 5.92 Å². The smallest absolute Gasteiger partial charge is 0.119 e. The van der Waals surface area contributed by atoms with Gasteiger partial charge in [0.1, 0.15) is 5.75 Å². The zero-order chi connectivity index (χ0) is 14.4. The molecule has 0 bridgehead atoms. The zero-order valence-corrected chi connectivity index (χ0v) is 12.8. The van der Waals surface area contributed by atoms with Crippen molar-refractivity contribution in [3.63, 3.8) is 0 Å². The summed E-state index contributed by atoms with van der Waals surface area (Å²) < 4.78 is 5.94. The number of benzene rings is 1. The van der Waals surface area contributed by atoms with Crippen LogP contribution in [0.15, 0.2) is 24.3 Å². The average Bonchev–Trinajstić information content (AvgIpc) is 2.52. The van der Waals surface area contributed by atoms with Gasteiger partial charge in [0, 0.05) is 0 Å². The van der Waals surface area contributed by atoms with E-state index >= 15 is 0 Å². The van der Waals surface area contributed by atoms with Crippen molar-refractivity contribution in [2.45, 2.75) is 58.5 Å². The summed E-state index contributed by atoms with van der Waals surface area (Å²) in [5.74, 6) is 1.89. The van der Waals surface area contributed by atoms with E-state index in [1.165, 1.54) is 32.1 Å². The van der Waals surface area contributed by atoms with Crippen molar-refractivity contribution >= 4 is 0 Å². The van der Waals surface area contributed by atoms with Gasteiger partial charge in [-0.3, -0.25) is 0 Å². The average molecular weight is 276 g/mol. The summed E-state index contributed by atoms with van der Waals surface area (Å²) in [7, 11) is 0. The van der Waals surface area contributed by atoms with Gasteiger partial charge in [-0.1, -0.05) is 51.7 Å². The quantitative estimate of drug-likeness (QED) is 0.814. The Hall–Kier alpha value is -1.02. The summed E-state index contributed by atoms with van der Waals surface area (Å²) in [6.07, 6.45) is 7.27. The number of aliphatic hydroxyl groups is 1. The summed E-state index contributed by atoms with van der Waals surface area (Å²) in [6, 6.07) is 7.97. The molecule has 0 saturated heterocycles. The Balaban J connectivity index is 1.91. The molecule has 2 rings (SSSR count). The van der Waals surface area contributed by atoms with E-state index in [2.05, 4.69) is 13.8 Å². The predicted molar refractivity (Wildman–Crippen MR) is 82.9 cm³/mol. The monoisotopic (exact) mass is 276 g/mol. The van der Waals surface area contributed by atoms with E-state index < -0.39 is 6.10 Å². The Morgan fingerprint density at radius 1 is 1.25 bits per heavy atom. The van der Waals surface area contributed by atoms with E-state index in [4.69, 9.17) is 4.74 Å². The van der Waals surface area contributed by atoms with Crippen LogP contribution in [0.2, 0.25) is 0 Å². The Morgan fingerprint density at radius 3 is 2.70 bits per heavy atom. The third-order valence-corrected chi connectivity index (χ3v) is 4.59. The van der Waals surface area contributed by atoms with Crippen molar-refractivity contribution in [1.29, 1.82) is 0 Å². The van der Waals surface area contributed by atoms with Gasteiger partial charge in [-0.2, -0.15) is 0 Å². The standard InChI is InChI=1S/C18H28O2/c1-3-14(2)18(19)16-10-7-11-17(12-16)20-13-15-8-5-4-6-9-15/h7,10-12,14-15,18-19H,3-6,8-9,13H2,1-2H3. The molecule has 0 amide bonds. The minimum atomic E-state index is -0.391. The van der Waals surface area contributed by atoms with Crippen molar-refractivity contribution in [2.24, 2.45) is 11.8 Å². The minimum Gasteiger partial charge on any atom is -0.493 e. The lowest BCUT2D eigenvalue weighted by Crippen LogP contribution is -2.15. The van der Waals surface area contributed by atoms with Crippen LogP contribution in [-0.4, -0.2) is 11.7 Å². The normalized spacial score (nSPS) is 19.6. The molecule has 1 N–H and O–H groups in total. The van der Waals surface area contributed by atoms with E-state index in [1.54, 1.807) is 0 Å². The topological polar surface area (TPSA) is 29.5 Å². The first-order chi connectivity index (χ1) is 9.70. The van der Waals surface area contributed by atoms with Crippen LogP contribution < -0.4 is 4.74 Å². The molecule has 1 aromatic carbocycles. The molecule has 1 aliphatic rings. The molecule has 112 valence electrons. The fourth-order valence-electron chi connectivity index (χ4n) is 2.91. The molecule has 1 fully saturated rings.